The van der Waals surface area contributed by atoms with Gasteiger partial charge in [-0.15, -0.1) is 10.2 Å². The van der Waals surface area contributed by atoms with Crippen molar-refractivity contribution in [2.75, 3.05) is 31.7 Å². The Balaban J connectivity index is 1.52. The lowest BCUT2D eigenvalue weighted by molar-refractivity contribution is 0.0168. The largest absolute Gasteiger partial charge is 0.491 e. The van der Waals surface area contributed by atoms with Crippen molar-refractivity contribution in [3.8, 4) is 5.75 Å². The Morgan fingerprint density at radius 2 is 2.16 bits per heavy atom. The lowest BCUT2D eigenvalue weighted by atomic mass is 10.2. The van der Waals surface area contributed by atoms with Gasteiger partial charge < -0.3 is 29.4 Å². The Morgan fingerprint density at radius 1 is 1.31 bits per heavy atom. The number of aryl methyl sites for hydroxylation is 1. The van der Waals surface area contributed by atoms with E-state index >= 15 is 0 Å². The summed E-state index contributed by atoms with van der Waals surface area (Å²) < 4.78 is 19.0. The molecule has 0 aliphatic carbocycles. The molecule has 176 valence electrons. The molecule has 1 atom stereocenters. The number of aliphatic imine (C=N–C) groups is 1. The molecule has 2 heterocycles. The average molecular weight is 445 g/mol. The zero-order valence-corrected chi connectivity index (χ0v) is 19.4. The van der Waals surface area contributed by atoms with Gasteiger partial charge in [0, 0.05) is 32.0 Å². The number of anilines is 1. The van der Waals surface area contributed by atoms with Crippen LogP contribution in [0.15, 0.2) is 35.6 Å². The zero-order valence-electron chi connectivity index (χ0n) is 19.4. The Labute approximate surface area is 190 Å². The van der Waals surface area contributed by atoms with E-state index in [1.54, 1.807) is 6.33 Å². The average Bonchev–Trinajstić information content (AvgIpc) is 3.46. The molecular formula is C23H36N6O3. The molecule has 1 aromatic carbocycles. The number of hydrogen-bond donors (Lipinski definition) is 2. The van der Waals surface area contributed by atoms with Gasteiger partial charge in [0.05, 0.1) is 18.8 Å². The van der Waals surface area contributed by atoms with Gasteiger partial charge in [-0.25, -0.2) is 4.99 Å². The van der Waals surface area contributed by atoms with Crippen LogP contribution in [-0.4, -0.2) is 59.3 Å². The monoisotopic (exact) mass is 444 g/mol. The van der Waals surface area contributed by atoms with E-state index in [0.29, 0.717) is 25.7 Å². The van der Waals surface area contributed by atoms with Gasteiger partial charge in [0.25, 0.3) is 0 Å². The molecule has 32 heavy (non-hydrogen) atoms. The van der Waals surface area contributed by atoms with Crippen molar-refractivity contribution in [1.29, 1.82) is 0 Å². The molecular weight excluding hydrogens is 408 g/mol. The van der Waals surface area contributed by atoms with Crippen molar-refractivity contribution in [3.05, 3.63) is 36.4 Å². The lowest BCUT2D eigenvalue weighted by Gasteiger charge is -2.15. The fraction of sp³-hybridized carbons (Fsp3) is 0.609. The molecule has 0 saturated carbocycles. The third-order valence-corrected chi connectivity index (χ3v) is 4.99. The Hall–Kier alpha value is -2.65. The van der Waals surface area contributed by atoms with Gasteiger partial charge in [-0.3, -0.25) is 0 Å². The van der Waals surface area contributed by atoms with Gasteiger partial charge in [0.15, 0.2) is 11.8 Å². The van der Waals surface area contributed by atoms with Crippen LogP contribution in [0.3, 0.4) is 0 Å². The van der Waals surface area contributed by atoms with E-state index in [9.17, 15) is 0 Å². The topological polar surface area (TPSA) is 94.8 Å². The summed E-state index contributed by atoms with van der Waals surface area (Å²) in [6.45, 7) is 10.3. The third kappa shape index (κ3) is 8.12. The van der Waals surface area contributed by atoms with Crippen LogP contribution in [0.5, 0.6) is 5.75 Å². The van der Waals surface area contributed by atoms with Crippen LogP contribution in [0.2, 0.25) is 0 Å². The van der Waals surface area contributed by atoms with Gasteiger partial charge in [0.2, 0.25) is 0 Å². The first-order valence-corrected chi connectivity index (χ1v) is 11.5. The van der Waals surface area contributed by atoms with E-state index in [0.717, 1.165) is 56.2 Å². The lowest BCUT2D eigenvalue weighted by Crippen LogP contribution is -2.32. The van der Waals surface area contributed by atoms with Crippen molar-refractivity contribution in [2.24, 2.45) is 4.99 Å². The highest BCUT2D eigenvalue weighted by atomic mass is 16.5. The van der Waals surface area contributed by atoms with Gasteiger partial charge in [0.1, 0.15) is 18.6 Å². The van der Waals surface area contributed by atoms with Crippen LogP contribution in [0.4, 0.5) is 5.69 Å². The molecule has 0 bridgehead atoms. The number of hydrogen-bond acceptors (Lipinski definition) is 6. The molecule has 9 heteroatoms. The first kappa shape index (κ1) is 24.0. The van der Waals surface area contributed by atoms with Crippen molar-refractivity contribution in [3.63, 3.8) is 0 Å². The number of guanidine groups is 1. The predicted octanol–water partition coefficient (Wildman–Crippen LogP) is 3.23. The Bertz CT molecular complexity index is 815. The molecule has 1 saturated heterocycles. The minimum Gasteiger partial charge on any atom is -0.491 e. The van der Waals surface area contributed by atoms with Crippen LogP contribution in [0.1, 0.15) is 45.9 Å². The molecule has 0 radical (unpaired) electrons. The van der Waals surface area contributed by atoms with Crippen LogP contribution in [-0.2, 0) is 22.6 Å². The van der Waals surface area contributed by atoms with E-state index in [1.807, 2.05) is 42.7 Å². The molecule has 0 spiro atoms. The Morgan fingerprint density at radius 3 is 2.88 bits per heavy atom. The molecule has 2 aromatic rings. The highest BCUT2D eigenvalue weighted by Gasteiger charge is 2.15. The number of ether oxygens (including phenoxy) is 3. The SMILES string of the molecule is CCn1cnnc1CN=C(NCCCOCC1CCCO1)Nc1ccc(OC(C)C)cc1. The summed E-state index contributed by atoms with van der Waals surface area (Å²) in [4.78, 5) is 4.70. The van der Waals surface area contributed by atoms with Gasteiger partial charge in [-0.05, 0) is 64.3 Å². The number of rotatable bonds is 12. The molecule has 1 fully saturated rings. The maximum atomic E-state index is 5.75. The second-order valence-corrected chi connectivity index (χ2v) is 8.00. The number of nitrogens with one attached hydrogen (secondary N) is 2. The quantitative estimate of drug-likeness (QED) is 0.295. The normalized spacial score (nSPS) is 16.5. The van der Waals surface area contributed by atoms with Crippen LogP contribution < -0.4 is 15.4 Å². The maximum absolute atomic E-state index is 5.75. The predicted molar refractivity (Wildman–Crippen MR) is 125 cm³/mol. The molecule has 1 unspecified atom stereocenters. The minimum absolute atomic E-state index is 0.144. The van der Waals surface area contributed by atoms with Gasteiger partial charge in [-0.2, -0.15) is 0 Å². The standard InChI is InChI=1S/C23H36N6O3/c1-4-29-17-26-28-22(29)15-25-23(24-12-6-13-30-16-21-7-5-14-31-21)27-19-8-10-20(11-9-19)32-18(2)3/h8-11,17-18,21H,4-7,12-16H2,1-3H3,(H2,24,25,27). The van der Waals surface area contributed by atoms with E-state index in [2.05, 4.69) is 27.8 Å². The van der Waals surface area contributed by atoms with Crippen LogP contribution in [0, 0.1) is 0 Å². The fourth-order valence-corrected chi connectivity index (χ4v) is 3.35. The van der Waals surface area contributed by atoms with Gasteiger partial charge in [-0.1, -0.05) is 0 Å². The molecule has 2 N–H and O–H groups in total. The first-order chi connectivity index (χ1) is 15.6. The smallest absolute Gasteiger partial charge is 0.196 e. The summed E-state index contributed by atoms with van der Waals surface area (Å²) in [5.41, 5.74) is 0.930. The summed E-state index contributed by atoms with van der Waals surface area (Å²) in [6.07, 6.45) is 5.25. The van der Waals surface area contributed by atoms with Gasteiger partial charge >= 0.3 is 0 Å². The van der Waals surface area contributed by atoms with Crippen LogP contribution in [0.25, 0.3) is 0 Å². The third-order valence-electron chi connectivity index (χ3n) is 4.99. The van der Waals surface area contributed by atoms with Crippen molar-refractivity contribution in [2.45, 2.75) is 65.3 Å². The first-order valence-electron chi connectivity index (χ1n) is 11.5. The van der Waals surface area contributed by atoms with Crippen LogP contribution >= 0.6 is 0 Å². The summed E-state index contributed by atoms with van der Waals surface area (Å²) in [5, 5.41) is 14.9. The molecule has 1 aliphatic heterocycles. The highest BCUT2D eigenvalue weighted by Crippen LogP contribution is 2.17. The molecule has 0 amide bonds. The molecule has 1 aliphatic rings. The fourth-order valence-electron chi connectivity index (χ4n) is 3.35. The second kappa shape index (κ2) is 13.0. The summed E-state index contributed by atoms with van der Waals surface area (Å²) in [5.74, 6) is 2.36. The van der Waals surface area contributed by atoms with Crippen molar-refractivity contribution in [1.82, 2.24) is 20.1 Å². The highest BCUT2D eigenvalue weighted by molar-refractivity contribution is 5.93. The number of aromatic nitrogens is 3. The zero-order chi connectivity index (χ0) is 22.6. The van der Waals surface area contributed by atoms with E-state index < -0.39 is 0 Å². The summed E-state index contributed by atoms with van der Waals surface area (Å²) in [7, 11) is 0. The van der Waals surface area contributed by atoms with Crippen molar-refractivity contribution >= 4 is 11.6 Å². The second-order valence-electron chi connectivity index (χ2n) is 8.00. The Kier molecular flexibility index (Phi) is 9.77. The molecule has 3 rings (SSSR count). The maximum Gasteiger partial charge on any atom is 0.196 e. The van der Waals surface area contributed by atoms with E-state index in [4.69, 9.17) is 19.2 Å². The summed E-state index contributed by atoms with van der Waals surface area (Å²) >= 11 is 0. The number of nitrogens with zero attached hydrogens (tertiary/aromatic N) is 4. The molecule has 9 nitrogen and oxygen atoms in total. The summed E-state index contributed by atoms with van der Waals surface area (Å²) in [6, 6.07) is 7.86. The molecule has 1 aromatic heterocycles. The van der Waals surface area contributed by atoms with E-state index in [1.165, 1.54) is 0 Å². The van der Waals surface area contributed by atoms with Crippen molar-refractivity contribution < 1.29 is 14.2 Å². The van der Waals surface area contributed by atoms with E-state index in [-0.39, 0.29) is 12.2 Å². The minimum atomic E-state index is 0.144. The number of benzene rings is 1.